The molecule has 1 saturated carbocycles. The van der Waals surface area contributed by atoms with Crippen molar-refractivity contribution < 1.29 is 27.0 Å². The smallest absolute Gasteiger partial charge is 0.238 e. The second kappa shape index (κ2) is 7.90. The van der Waals surface area contributed by atoms with E-state index in [0.717, 1.165) is 41.5 Å². The van der Waals surface area contributed by atoms with Crippen LogP contribution in [0.5, 0.6) is 11.5 Å². The first kappa shape index (κ1) is 21.5. The summed E-state index contributed by atoms with van der Waals surface area (Å²) in [6.45, 7) is 2.25. The van der Waals surface area contributed by atoms with E-state index in [1.165, 1.54) is 12.1 Å². The van der Waals surface area contributed by atoms with Crippen LogP contribution >= 0.6 is 0 Å². The standard InChI is InChI=1S/C25H24N2O5S.3H2/c1-2-16-3-7-19(14-21(16)17-4-8-20(9-5-17)33(26,29)30)27-24(28)25(11-12-25)18-6-10-22-23(13-18)32-15-31-22;;;/h3-10,13-14H,2,11-12,15H2,1H3,(H,27,28)(H2,26,29,30);3*1H. The molecule has 1 aliphatic heterocycles. The van der Waals surface area contributed by atoms with E-state index in [1.54, 1.807) is 12.1 Å². The number of carbonyl (C=O) groups excluding carboxylic acids is 1. The van der Waals surface area contributed by atoms with Gasteiger partial charge in [-0.2, -0.15) is 0 Å². The fraction of sp³-hybridized carbons (Fsp3) is 0.240. The van der Waals surface area contributed by atoms with Gasteiger partial charge in [-0.3, -0.25) is 4.79 Å². The molecule has 1 fully saturated rings. The first-order valence-electron chi connectivity index (χ1n) is 10.8. The Hall–Kier alpha value is -3.36. The minimum Gasteiger partial charge on any atom is -0.454 e. The summed E-state index contributed by atoms with van der Waals surface area (Å²) in [6, 6.07) is 17.9. The Morgan fingerprint density at radius 2 is 1.76 bits per heavy atom. The Balaban J connectivity index is 0.00000152. The zero-order valence-corrected chi connectivity index (χ0v) is 18.9. The number of nitrogens with two attached hydrogens (primary N) is 1. The molecule has 176 valence electrons. The molecule has 2 aliphatic rings. The number of fused-ring (bicyclic) bond motifs is 1. The molecule has 5 rings (SSSR count). The Morgan fingerprint density at radius 3 is 2.42 bits per heavy atom. The molecule has 3 aromatic carbocycles. The molecular weight excluding hydrogens is 440 g/mol. The predicted octanol–water partition coefficient (Wildman–Crippen LogP) is 4.70. The highest BCUT2D eigenvalue weighted by Crippen LogP contribution is 2.51. The third-order valence-corrected chi connectivity index (χ3v) is 7.28. The van der Waals surface area contributed by atoms with Gasteiger partial charge in [0.2, 0.25) is 22.7 Å². The van der Waals surface area contributed by atoms with Crippen molar-refractivity contribution in [1.82, 2.24) is 0 Å². The second-order valence-corrected chi connectivity index (χ2v) is 9.96. The molecule has 0 radical (unpaired) electrons. The number of hydrogen-bond donors (Lipinski definition) is 2. The molecule has 7 nitrogen and oxygen atoms in total. The van der Waals surface area contributed by atoms with Crippen molar-refractivity contribution in [3.05, 3.63) is 71.8 Å². The van der Waals surface area contributed by atoms with E-state index in [4.69, 9.17) is 14.6 Å². The van der Waals surface area contributed by atoms with E-state index < -0.39 is 15.4 Å². The van der Waals surface area contributed by atoms with Crippen molar-refractivity contribution in [3.8, 4) is 22.6 Å². The quantitative estimate of drug-likeness (QED) is 0.543. The van der Waals surface area contributed by atoms with Crippen LogP contribution in [-0.4, -0.2) is 21.1 Å². The number of ether oxygens (including phenoxy) is 2. The average molecular weight is 471 g/mol. The molecule has 0 unspecified atom stereocenters. The van der Waals surface area contributed by atoms with Gasteiger partial charge in [-0.1, -0.05) is 31.2 Å². The molecule has 0 bridgehead atoms. The largest absolute Gasteiger partial charge is 0.454 e. The maximum atomic E-state index is 13.3. The summed E-state index contributed by atoms with van der Waals surface area (Å²) in [5.41, 5.74) is 3.93. The molecule has 33 heavy (non-hydrogen) atoms. The normalized spacial score (nSPS) is 15.8. The van der Waals surface area contributed by atoms with Crippen molar-refractivity contribution in [2.75, 3.05) is 12.1 Å². The van der Waals surface area contributed by atoms with Crippen molar-refractivity contribution in [2.45, 2.75) is 36.5 Å². The molecular formula is C25H30N2O5S. The third kappa shape index (κ3) is 3.96. The molecule has 3 aromatic rings. The molecule has 0 spiro atoms. The molecule has 3 N–H and O–H groups in total. The minimum absolute atomic E-state index is 0. The van der Waals surface area contributed by atoms with Gasteiger partial charge in [-0.15, -0.1) is 0 Å². The average Bonchev–Trinajstić information content (AvgIpc) is 3.49. The van der Waals surface area contributed by atoms with Crippen molar-refractivity contribution in [1.29, 1.82) is 0 Å². The van der Waals surface area contributed by atoms with Crippen LogP contribution in [0.1, 0.15) is 35.2 Å². The SMILES string of the molecule is CCc1ccc(NC(=O)C2(c3ccc4c(c3)OCO4)CC2)cc1-c1ccc(S(N)(=O)=O)cc1.[HH].[HH].[HH]. The zero-order valence-electron chi connectivity index (χ0n) is 18.1. The molecule has 1 aliphatic carbocycles. The van der Waals surface area contributed by atoms with E-state index in [2.05, 4.69) is 12.2 Å². The lowest BCUT2D eigenvalue weighted by atomic mass is 9.93. The van der Waals surface area contributed by atoms with Crippen molar-refractivity contribution in [2.24, 2.45) is 5.14 Å². The fourth-order valence-corrected chi connectivity index (χ4v) is 4.79. The summed E-state index contributed by atoms with van der Waals surface area (Å²) in [5.74, 6) is 1.31. The van der Waals surface area contributed by atoms with E-state index >= 15 is 0 Å². The van der Waals surface area contributed by atoms with E-state index in [1.807, 2.05) is 36.4 Å². The Bertz CT molecular complexity index is 1360. The van der Waals surface area contributed by atoms with Gasteiger partial charge in [-0.05, 0) is 77.9 Å². The van der Waals surface area contributed by atoms with Gasteiger partial charge < -0.3 is 14.8 Å². The van der Waals surface area contributed by atoms with Crippen LogP contribution in [0, 0.1) is 0 Å². The Labute approximate surface area is 197 Å². The topological polar surface area (TPSA) is 108 Å². The van der Waals surface area contributed by atoms with E-state index in [0.29, 0.717) is 17.2 Å². The highest BCUT2D eigenvalue weighted by Gasteiger charge is 2.51. The molecule has 0 atom stereocenters. The molecule has 0 saturated heterocycles. The number of aryl methyl sites for hydroxylation is 1. The second-order valence-electron chi connectivity index (χ2n) is 8.40. The molecule has 8 heteroatoms. The lowest BCUT2D eigenvalue weighted by Crippen LogP contribution is -2.27. The van der Waals surface area contributed by atoms with Crippen LogP contribution in [0.2, 0.25) is 0 Å². The Morgan fingerprint density at radius 1 is 1.03 bits per heavy atom. The monoisotopic (exact) mass is 470 g/mol. The number of amides is 1. The Kier molecular flexibility index (Phi) is 5.14. The van der Waals surface area contributed by atoms with E-state index in [9.17, 15) is 13.2 Å². The van der Waals surface area contributed by atoms with Gasteiger partial charge >= 0.3 is 0 Å². The summed E-state index contributed by atoms with van der Waals surface area (Å²) >= 11 is 0. The van der Waals surface area contributed by atoms with Crippen LogP contribution < -0.4 is 19.9 Å². The molecule has 1 amide bonds. The summed E-state index contributed by atoms with van der Waals surface area (Å²) in [4.78, 5) is 13.4. The van der Waals surface area contributed by atoms with Gasteiger partial charge in [0.25, 0.3) is 0 Å². The first-order valence-corrected chi connectivity index (χ1v) is 12.3. The van der Waals surface area contributed by atoms with Crippen LogP contribution in [0.3, 0.4) is 0 Å². The van der Waals surface area contributed by atoms with Gasteiger partial charge in [0.15, 0.2) is 11.5 Å². The molecule has 1 heterocycles. The lowest BCUT2D eigenvalue weighted by Gasteiger charge is -2.18. The van der Waals surface area contributed by atoms with Crippen LogP contribution in [-0.2, 0) is 26.7 Å². The lowest BCUT2D eigenvalue weighted by molar-refractivity contribution is -0.118. The number of carbonyl (C=O) groups is 1. The highest BCUT2D eigenvalue weighted by molar-refractivity contribution is 7.89. The fourth-order valence-electron chi connectivity index (χ4n) is 4.27. The number of benzene rings is 3. The number of sulfonamides is 1. The number of nitrogens with one attached hydrogen (secondary N) is 1. The first-order chi connectivity index (χ1) is 15.8. The number of anilines is 1. The zero-order chi connectivity index (χ0) is 23.2. The van der Waals surface area contributed by atoms with Crippen LogP contribution in [0.4, 0.5) is 5.69 Å². The maximum absolute atomic E-state index is 13.3. The van der Waals surface area contributed by atoms with Gasteiger partial charge in [0.1, 0.15) is 0 Å². The summed E-state index contributed by atoms with van der Waals surface area (Å²) in [6.07, 6.45) is 2.34. The summed E-state index contributed by atoms with van der Waals surface area (Å²) < 4.78 is 34.0. The van der Waals surface area contributed by atoms with Crippen LogP contribution in [0.25, 0.3) is 11.1 Å². The van der Waals surface area contributed by atoms with Crippen molar-refractivity contribution in [3.63, 3.8) is 0 Å². The predicted molar refractivity (Wildman–Crippen MR) is 131 cm³/mol. The summed E-state index contributed by atoms with van der Waals surface area (Å²) in [5, 5.41) is 8.30. The van der Waals surface area contributed by atoms with Crippen LogP contribution in [0.15, 0.2) is 65.6 Å². The maximum Gasteiger partial charge on any atom is 0.238 e. The van der Waals surface area contributed by atoms with Gasteiger partial charge in [0.05, 0.1) is 10.3 Å². The minimum atomic E-state index is -3.75. The van der Waals surface area contributed by atoms with E-state index in [-0.39, 0.29) is 21.9 Å². The number of rotatable bonds is 6. The molecule has 0 aromatic heterocycles. The van der Waals surface area contributed by atoms with Gasteiger partial charge in [0, 0.05) is 9.97 Å². The van der Waals surface area contributed by atoms with Crippen molar-refractivity contribution >= 4 is 21.6 Å². The van der Waals surface area contributed by atoms with Gasteiger partial charge in [-0.25, -0.2) is 13.6 Å². The summed E-state index contributed by atoms with van der Waals surface area (Å²) in [7, 11) is -3.75. The number of primary sulfonamides is 1. The highest BCUT2D eigenvalue weighted by atomic mass is 32.2. The third-order valence-electron chi connectivity index (χ3n) is 6.35. The number of hydrogen-bond acceptors (Lipinski definition) is 5.